The summed E-state index contributed by atoms with van der Waals surface area (Å²) in [5, 5.41) is 9.18. The Labute approximate surface area is 168 Å². The van der Waals surface area contributed by atoms with Gasteiger partial charge in [0.05, 0.1) is 0 Å². The third-order valence-corrected chi connectivity index (χ3v) is 7.10. The Kier molecular flexibility index (Phi) is 5.72. The minimum atomic E-state index is -0.514. The van der Waals surface area contributed by atoms with Gasteiger partial charge in [0.15, 0.2) is 0 Å². The smallest absolute Gasteiger partial charge is 0.242 e. The van der Waals surface area contributed by atoms with Crippen LogP contribution in [0, 0.1) is 23.2 Å². The van der Waals surface area contributed by atoms with E-state index in [-0.39, 0.29) is 17.2 Å². The zero-order chi connectivity index (χ0) is 19.6. The minimum absolute atomic E-state index is 0.0859. The molecule has 1 aromatic rings. The number of carbonyl (C=O) groups excluding carboxylic acids is 2. The van der Waals surface area contributed by atoms with Gasteiger partial charge in [-0.25, -0.2) is 0 Å². The van der Waals surface area contributed by atoms with Crippen LogP contribution < -0.4 is 16.0 Å². The van der Waals surface area contributed by atoms with E-state index in [1.54, 1.807) is 0 Å². The molecule has 0 aliphatic heterocycles. The Balaban J connectivity index is 1.46. The normalized spacial score (nSPS) is 31.4. The molecule has 4 bridgehead atoms. The van der Waals surface area contributed by atoms with Crippen molar-refractivity contribution in [3.63, 3.8) is 0 Å². The van der Waals surface area contributed by atoms with Crippen molar-refractivity contribution in [2.45, 2.75) is 51.0 Å². The maximum Gasteiger partial charge on any atom is 0.242 e. The molecule has 4 fully saturated rings. The number of likely N-dealkylation sites (N-methyl/N-ethyl adjacent to an activating group) is 1. The van der Waals surface area contributed by atoms with Crippen molar-refractivity contribution in [2.75, 3.05) is 20.1 Å². The van der Waals surface area contributed by atoms with Gasteiger partial charge < -0.3 is 16.0 Å². The van der Waals surface area contributed by atoms with Gasteiger partial charge >= 0.3 is 0 Å². The van der Waals surface area contributed by atoms with Crippen LogP contribution in [0.3, 0.4) is 0 Å². The van der Waals surface area contributed by atoms with E-state index >= 15 is 0 Å². The lowest BCUT2D eigenvalue weighted by Gasteiger charge is -2.55. The van der Waals surface area contributed by atoms with Gasteiger partial charge in [0.25, 0.3) is 0 Å². The number of nitrogens with one attached hydrogen (secondary N) is 3. The van der Waals surface area contributed by atoms with Crippen LogP contribution in [-0.4, -0.2) is 38.0 Å². The summed E-state index contributed by atoms with van der Waals surface area (Å²) in [6.07, 6.45) is 7.52. The molecule has 0 aromatic heterocycles. The molecule has 3 N–H and O–H groups in total. The van der Waals surface area contributed by atoms with Crippen molar-refractivity contribution >= 4 is 11.8 Å². The predicted octanol–water partition coefficient (Wildman–Crippen LogP) is 2.27. The molecular formula is C23H33N3O2. The van der Waals surface area contributed by atoms with Gasteiger partial charge in [-0.15, -0.1) is 0 Å². The van der Waals surface area contributed by atoms with Gasteiger partial charge in [-0.05, 0) is 68.9 Å². The highest BCUT2D eigenvalue weighted by atomic mass is 16.2. The molecule has 0 radical (unpaired) electrons. The van der Waals surface area contributed by atoms with Crippen LogP contribution in [0.4, 0.5) is 0 Å². The molecule has 28 heavy (non-hydrogen) atoms. The van der Waals surface area contributed by atoms with Crippen LogP contribution >= 0.6 is 0 Å². The van der Waals surface area contributed by atoms with E-state index in [4.69, 9.17) is 0 Å². The van der Waals surface area contributed by atoms with E-state index in [0.717, 1.165) is 24.8 Å². The Morgan fingerprint density at radius 1 is 1.00 bits per heavy atom. The molecule has 5 nitrogen and oxygen atoms in total. The van der Waals surface area contributed by atoms with E-state index in [1.807, 2.05) is 37.4 Å². The molecule has 0 heterocycles. The largest absolute Gasteiger partial charge is 0.353 e. The lowest BCUT2D eigenvalue weighted by Crippen LogP contribution is -2.58. The Hall–Kier alpha value is -1.88. The summed E-state index contributed by atoms with van der Waals surface area (Å²) < 4.78 is 0. The van der Waals surface area contributed by atoms with Crippen molar-refractivity contribution in [3.8, 4) is 0 Å². The number of hydrogen-bond donors (Lipinski definition) is 3. The molecule has 4 aliphatic carbocycles. The highest BCUT2D eigenvalue weighted by Crippen LogP contribution is 2.60. The Morgan fingerprint density at radius 2 is 1.61 bits per heavy atom. The molecule has 4 aliphatic rings. The van der Waals surface area contributed by atoms with Gasteiger partial charge in [-0.2, -0.15) is 0 Å². The van der Waals surface area contributed by atoms with Gasteiger partial charge in [0.2, 0.25) is 11.8 Å². The molecular weight excluding hydrogens is 350 g/mol. The van der Waals surface area contributed by atoms with E-state index in [0.29, 0.717) is 37.3 Å². The monoisotopic (exact) mass is 383 g/mol. The van der Waals surface area contributed by atoms with Crippen molar-refractivity contribution in [1.82, 2.24) is 16.0 Å². The Morgan fingerprint density at radius 3 is 2.18 bits per heavy atom. The molecule has 1 aromatic carbocycles. The third-order valence-electron chi connectivity index (χ3n) is 7.10. The number of carbonyl (C=O) groups is 2. The SMILES string of the molecule is CNCCNC(=O)C(Cc1ccccc1)NC(=O)C12CC3CC(CC(C3)C1)C2. The molecule has 0 spiro atoms. The first-order valence-electron chi connectivity index (χ1n) is 10.9. The predicted molar refractivity (Wildman–Crippen MR) is 110 cm³/mol. The average molecular weight is 384 g/mol. The standard InChI is InChI=1S/C23H33N3O2/c1-24-7-8-25-21(27)20(12-16-5-3-2-4-6-16)26-22(28)23-13-17-9-18(14-23)11-19(10-17)15-23/h2-6,17-20,24H,7-15H2,1H3,(H,25,27)(H,26,28). The molecule has 4 saturated carbocycles. The number of benzene rings is 1. The molecule has 152 valence electrons. The summed E-state index contributed by atoms with van der Waals surface area (Å²) in [5.41, 5.74) is 0.844. The van der Waals surface area contributed by atoms with E-state index in [9.17, 15) is 9.59 Å². The van der Waals surface area contributed by atoms with Crippen molar-refractivity contribution in [1.29, 1.82) is 0 Å². The maximum atomic E-state index is 13.4. The van der Waals surface area contributed by atoms with E-state index in [2.05, 4.69) is 16.0 Å². The summed E-state index contributed by atoms with van der Waals surface area (Å²) in [7, 11) is 1.86. The summed E-state index contributed by atoms with van der Waals surface area (Å²) in [4.78, 5) is 26.3. The zero-order valence-electron chi connectivity index (χ0n) is 16.9. The van der Waals surface area contributed by atoms with Gasteiger partial charge in [0, 0.05) is 24.9 Å². The molecule has 0 saturated heterocycles. The van der Waals surface area contributed by atoms with Crippen LogP contribution in [0.25, 0.3) is 0 Å². The van der Waals surface area contributed by atoms with E-state index in [1.165, 1.54) is 19.3 Å². The van der Waals surface area contributed by atoms with Gasteiger partial charge in [-0.1, -0.05) is 30.3 Å². The zero-order valence-corrected chi connectivity index (χ0v) is 16.9. The van der Waals surface area contributed by atoms with Crippen LogP contribution in [-0.2, 0) is 16.0 Å². The topological polar surface area (TPSA) is 70.2 Å². The second kappa shape index (κ2) is 8.24. The lowest BCUT2D eigenvalue weighted by molar-refractivity contribution is -0.148. The highest BCUT2D eigenvalue weighted by Gasteiger charge is 2.54. The summed E-state index contributed by atoms with van der Waals surface area (Å²) >= 11 is 0. The third kappa shape index (κ3) is 4.09. The quantitative estimate of drug-likeness (QED) is 0.603. The number of hydrogen-bond acceptors (Lipinski definition) is 3. The fourth-order valence-corrected chi connectivity index (χ4v) is 6.19. The van der Waals surface area contributed by atoms with Crippen LogP contribution in [0.1, 0.15) is 44.1 Å². The van der Waals surface area contributed by atoms with Gasteiger partial charge in [-0.3, -0.25) is 9.59 Å². The van der Waals surface area contributed by atoms with Crippen LogP contribution in [0.15, 0.2) is 30.3 Å². The number of amides is 2. The number of rotatable bonds is 8. The first-order chi connectivity index (χ1) is 13.6. The Bertz CT molecular complexity index is 668. The second-order valence-electron chi connectivity index (χ2n) is 9.31. The fraction of sp³-hybridized carbons (Fsp3) is 0.652. The van der Waals surface area contributed by atoms with Crippen molar-refractivity contribution in [2.24, 2.45) is 23.2 Å². The first-order valence-corrected chi connectivity index (χ1v) is 10.9. The summed E-state index contributed by atoms with van der Waals surface area (Å²) in [5.74, 6) is 2.19. The first kappa shape index (κ1) is 19.4. The summed E-state index contributed by atoms with van der Waals surface area (Å²) in [6.45, 7) is 1.28. The second-order valence-corrected chi connectivity index (χ2v) is 9.31. The van der Waals surface area contributed by atoms with Gasteiger partial charge in [0.1, 0.15) is 6.04 Å². The van der Waals surface area contributed by atoms with Crippen molar-refractivity contribution < 1.29 is 9.59 Å². The summed E-state index contributed by atoms with van der Waals surface area (Å²) in [6, 6.07) is 9.45. The minimum Gasteiger partial charge on any atom is -0.353 e. The molecule has 2 amide bonds. The van der Waals surface area contributed by atoms with Crippen LogP contribution in [0.5, 0.6) is 0 Å². The average Bonchev–Trinajstić information content (AvgIpc) is 2.67. The molecule has 5 heteroatoms. The lowest BCUT2D eigenvalue weighted by atomic mass is 9.49. The molecule has 5 rings (SSSR count). The maximum absolute atomic E-state index is 13.4. The molecule has 1 unspecified atom stereocenters. The fourth-order valence-electron chi connectivity index (χ4n) is 6.19. The highest BCUT2D eigenvalue weighted by molar-refractivity contribution is 5.90. The van der Waals surface area contributed by atoms with E-state index < -0.39 is 6.04 Å². The molecule has 1 atom stereocenters. The van der Waals surface area contributed by atoms with Crippen LogP contribution in [0.2, 0.25) is 0 Å². The van der Waals surface area contributed by atoms with Crippen molar-refractivity contribution in [3.05, 3.63) is 35.9 Å².